The summed E-state index contributed by atoms with van der Waals surface area (Å²) in [7, 11) is 2.01. The summed E-state index contributed by atoms with van der Waals surface area (Å²) in [6.07, 6.45) is 7.99. The van der Waals surface area contributed by atoms with Gasteiger partial charge in [-0.2, -0.15) is 0 Å². The molecular formula is C18H29NO. The molecular weight excluding hydrogens is 246 g/mol. The molecule has 20 heavy (non-hydrogen) atoms. The van der Waals surface area contributed by atoms with Crippen molar-refractivity contribution in [1.82, 2.24) is 5.32 Å². The lowest BCUT2D eigenvalue weighted by molar-refractivity contribution is 0.208. The van der Waals surface area contributed by atoms with Crippen LogP contribution < -0.4 is 10.1 Å². The van der Waals surface area contributed by atoms with E-state index in [0.717, 1.165) is 31.2 Å². The van der Waals surface area contributed by atoms with Gasteiger partial charge in [0.15, 0.2) is 0 Å². The second-order valence-corrected chi connectivity index (χ2v) is 6.33. The Bertz CT molecular complexity index is 385. The van der Waals surface area contributed by atoms with Crippen LogP contribution in [-0.4, -0.2) is 20.2 Å². The van der Waals surface area contributed by atoms with Crippen molar-refractivity contribution in [3.8, 4) is 5.75 Å². The van der Waals surface area contributed by atoms with Crippen molar-refractivity contribution < 1.29 is 4.74 Å². The topological polar surface area (TPSA) is 21.3 Å². The molecule has 1 aromatic carbocycles. The normalized spacial score (nSPS) is 17.9. The average molecular weight is 275 g/mol. The van der Waals surface area contributed by atoms with Crippen LogP contribution in [0.5, 0.6) is 5.75 Å². The lowest BCUT2D eigenvalue weighted by Crippen LogP contribution is -2.18. The van der Waals surface area contributed by atoms with Gasteiger partial charge in [-0.05, 0) is 62.4 Å². The zero-order chi connectivity index (χ0) is 14.2. The SMILES string of the molecule is CNCC(C)Cc1cccc(OCC2CCCCC2)c1. The Kier molecular flexibility index (Phi) is 6.38. The van der Waals surface area contributed by atoms with Gasteiger partial charge >= 0.3 is 0 Å². The van der Waals surface area contributed by atoms with Crippen LogP contribution in [0.4, 0.5) is 0 Å². The number of rotatable bonds is 7. The molecule has 0 radical (unpaired) electrons. The molecule has 0 spiro atoms. The molecule has 0 amide bonds. The van der Waals surface area contributed by atoms with E-state index in [1.165, 1.54) is 37.7 Å². The fourth-order valence-electron chi connectivity index (χ4n) is 3.15. The summed E-state index contributed by atoms with van der Waals surface area (Å²) in [6.45, 7) is 4.24. The Labute approximate surface area is 123 Å². The third kappa shape index (κ3) is 5.16. The van der Waals surface area contributed by atoms with Gasteiger partial charge in [-0.3, -0.25) is 0 Å². The van der Waals surface area contributed by atoms with Crippen molar-refractivity contribution in [3.05, 3.63) is 29.8 Å². The van der Waals surface area contributed by atoms with Crippen molar-refractivity contribution >= 4 is 0 Å². The van der Waals surface area contributed by atoms with Crippen LogP contribution in [0.15, 0.2) is 24.3 Å². The second kappa shape index (κ2) is 8.31. The Balaban J connectivity index is 1.82. The highest BCUT2D eigenvalue weighted by Gasteiger charge is 2.14. The minimum Gasteiger partial charge on any atom is -0.493 e. The maximum Gasteiger partial charge on any atom is 0.119 e. The zero-order valence-electron chi connectivity index (χ0n) is 13.0. The van der Waals surface area contributed by atoms with E-state index in [1.54, 1.807) is 0 Å². The molecule has 0 aliphatic heterocycles. The number of benzene rings is 1. The summed E-state index contributed by atoms with van der Waals surface area (Å²) < 4.78 is 6.01. The molecule has 112 valence electrons. The third-order valence-electron chi connectivity index (χ3n) is 4.25. The Morgan fingerprint density at radius 3 is 2.80 bits per heavy atom. The minimum atomic E-state index is 0.661. The monoisotopic (exact) mass is 275 g/mol. The van der Waals surface area contributed by atoms with Gasteiger partial charge < -0.3 is 10.1 Å². The van der Waals surface area contributed by atoms with Crippen LogP contribution in [0.3, 0.4) is 0 Å². The predicted molar refractivity (Wildman–Crippen MR) is 85.3 cm³/mol. The number of ether oxygens (including phenoxy) is 1. The molecule has 2 heteroatoms. The Hall–Kier alpha value is -1.02. The van der Waals surface area contributed by atoms with E-state index in [2.05, 4.69) is 36.5 Å². The molecule has 1 aromatic rings. The van der Waals surface area contributed by atoms with Gasteiger partial charge in [-0.25, -0.2) is 0 Å². The molecule has 1 unspecified atom stereocenters. The first-order valence-corrected chi connectivity index (χ1v) is 8.14. The third-order valence-corrected chi connectivity index (χ3v) is 4.25. The molecule has 0 bridgehead atoms. The predicted octanol–water partition coefficient (Wildman–Crippen LogP) is 4.04. The van der Waals surface area contributed by atoms with Gasteiger partial charge in [0.25, 0.3) is 0 Å². The summed E-state index contributed by atoms with van der Waals surface area (Å²) in [5, 5.41) is 3.24. The molecule has 2 rings (SSSR count). The quantitative estimate of drug-likeness (QED) is 0.811. The minimum absolute atomic E-state index is 0.661. The molecule has 1 aliphatic rings. The van der Waals surface area contributed by atoms with E-state index in [-0.39, 0.29) is 0 Å². The molecule has 1 atom stereocenters. The second-order valence-electron chi connectivity index (χ2n) is 6.33. The summed E-state index contributed by atoms with van der Waals surface area (Å²) in [4.78, 5) is 0. The summed E-state index contributed by atoms with van der Waals surface area (Å²) in [5.74, 6) is 2.48. The molecule has 1 N–H and O–H groups in total. The molecule has 1 fully saturated rings. The van der Waals surface area contributed by atoms with Crippen LogP contribution in [0.25, 0.3) is 0 Å². The maximum atomic E-state index is 6.01. The van der Waals surface area contributed by atoms with E-state index in [4.69, 9.17) is 4.74 Å². The van der Waals surface area contributed by atoms with Gasteiger partial charge in [0, 0.05) is 0 Å². The summed E-state index contributed by atoms with van der Waals surface area (Å²) in [5.41, 5.74) is 1.38. The zero-order valence-corrected chi connectivity index (χ0v) is 13.0. The van der Waals surface area contributed by atoms with Gasteiger partial charge in [0.1, 0.15) is 5.75 Å². The average Bonchev–Trinajstić information content (AvgIpc) is 2.47. The summed E-state index contributed by atoms with van der Waals surface area (Å²) >= 11 is 0. The smallest absolute Gasteiger partial charge is 0.119 e. The maximum absolute atomic E-state index is 6.01. The Morgan fingerprint density at radius 2 is 2.05 bits per heavy atom. The lowest BCUT2D eigenvalue weighted by Gasteiger charge is -2.21. The van der Waals surface area contributed by atoms with Gasteiger partial charge in [-0.15, -0.1) is 0 Å². The van der Waals surface area contributed by atoms with Crippen molar-refractivity contribution in [3.63, 3.8) is 0 Å². The molecule has 1 aliphatic carbocycles. The molecule has 1 saturated carbocycles. The van der Waals surface area contributed by atoms with Crippen LogP contribution in [0.1, 0.15) is 44.6 Å². The van der Waals surface area contributed by atoms with E-state index in [1.807, 2.05) is 7.05 Å². The van der Waals surface area contributed by atoms with Crippen molar-refractivity contribution in [2.24, 2.45) is 11.8 Å². The first-order valence-electron chi connectivity index (χ1n) is 8.14. The van der Waals surface area contributed by atoms with Crippen molar-refractivity contribution in [1.29, 1.82) is 0 Å². The number of hydrogen-bond donors (Lipinski definition) is 1. The first-order chi connectivity index (χ1) is 9.78. The largest absolute Gasteiger partial charge is 0.493 e. The molecule has 0 heterocycles. The first kappa shape index (κ1) is 15.4. The van der Waals surface area contributed by atoms with Gasteiger partial charge in [0.2, 0.25) is 0 Å². The van der Waals surface area contributed by atoms with E-state index >= 15 is 0 Å². The molecule has 2 nitrogen and oxygen atoms in total. The van der Waals surface area contributed by atoms with Crippen LogP contribution in [0, 0.1) is 11.8 Å². The fraction of sp³-hybridized carbons (Fsp3) is 0.667. The van der Waals surface area contributed by atoms with Crippen molar-refractivity contribution in [2.45, 2.75) is 45.4 Å². The van der Waals surface area contributed by atoms with E-state index in [0.29, 0.717) is 5.92 Å². The number of nitrogens with one attached hydrogen (secondary N) is 1. The lowest BCUT2D eigenvalue weighted by atomic mass is 9.90. The van der Waals surface area contributed by atoms with E-state index < -0.39 is 0 Å². The van der Waals surface area contributed by atoms with Crippen LogP contribution in [0.2, 0.25) is 0 Å². The standard InChI is InChI=1S/C18H29NO/c1-15(13-19-2)11-17-9-6-10-18(12-17)20-14-16-7-4-3-5-8-16/h6,9-10,12,15-16,19H,3-5,7-8,11,13-14H2,1-2H3. The fourth-order valence-corrected chi connectivity index (χ4v) is 3.15. The van der Waals surface area contributed by atoms with Gasteiger partial charge in [0.05, 0.1) is 6.61 Å². The molecule has 0 aromatic heterocycles. The van der Waals surface area contributed by atoms with Crippen molar-refractivity contribution in [2.75, 3.05) is 20.2 Å². The molecule has 0 saturated heterocycles. The van der Waals surface area contributed by atoms with Crippen LogP contribution in [-0.2, 0) is 6.42 Å². The number of hydrogen-bond acceptors (Lipinski definition) is 2. The van der Waals surface area contributed by atoms with Crippen LogP contribution >= 0.6 is 0 Å². The Morgan fingerprint density at radius 1 is 1.25 bits per heavy atom. The van der Waals surface area contributed by atoms with E-state index in [9.17, 15) is 0 Å². The van der Waals surface area contributed by atoms with Gasteiger partial charge in [-0.1, -0.05) is 38.3 Å². The highest BCUT2D eigenvalue weighted by atomic mass is 16.5. The summed E-state index contributed by atoms with van der Waals surface area (Å²) in [6, 6.07) is 8.64. The highest BCUT2D eigenvalue weighted by molar-refractivity contribution is 5.28. The highest BCUT2D eigenvalue weighted by Crippen LogP contribution is 2.25.